The number of ether oxygens (including phenoxy) is 1. The Kier molecular flexibility index (Phi) is 5.69. The highest BCUT2D eigenvalue weighted by atomic mass is 32.2. The van der Waals surface area contributed by atoms with Gasteiger partial charge in [0.15, 0.2) is 0 Å². The number of benzene rings is 2. The zero-order valence-corrected chi connectivity index (χ0v) is 15.5. The van der Waals surface area contributed by atoms with Gasteiger partial charge in [-0.05, 0) is 37.3 Å². The van der Waals surface area contributed by atoms with Crippen LogP contribution >= 0.6 is 0 Å². The first kappa shape index (κ1) is 18.8. The van der Waals surface area contributed by atoms with Gasteiger partial charge in [0.25, 0.3) is 5.91 Å². The third-order valence-electron chi connectivity index (χ3n) is 3.94. The van der Waals surface area contributed by atoms with E-state index in [0.717, 1.165) is 16.1 Å². The fourth-order valence-electron chi connectivity index (χ4n) is 2.40. The Morgan fingerprint density at radius 1 is 1.12 bits per heavy atom. The van der Waals surface area contributed by atoms with Crippen molar-refractivity contribution in [2.24, 2.45) is 0 Å². The molecule has 0 spiro atoms. The molecule has 0 heterocycles. The van der Waals surface area contributed by atoms with Crippen LogP contribution in [0.3, 0.4) is 0 Å². The molecule has 7 heteroatoms. The summed E-state index contributed by atoms with van der Waals surface area (Å²) in [5.74, 6) is 0.465. The standard InChI is InChI=1S/C18H22N2O4S/c1-13(16-7-5-6-8-17(16)24-3)19-18(21)14-9-11-15(12-10-14)20(2)25(4,22)23/h5-13H,1-4H3,(H,19,21)/t13-/m0/s1. The molecule has 0 fully saturated rings. The zero-order chi connectivity index (χ0) is 18.6. The Balaban J connectivity index is 2.13. The number of carbonyl (C=O) groups excluding carboxylic acids is 1. The van der Waals surface area contributed by atoms with Gasteiger partial charge in [-0.25, -0.2) is 8.42 Å². The van der Waals surface area contributed by atoms with Crippen molar-refractivity contribution in [3.8, 4) is 5.75 Å². The minimum Gasteiger partial charge on any atom is -0.496 e. The van der Waals surface area contributed by atoms with Gasteiger partial charge in [-0.3, -0.25) is 9.10 Å². The summed E-state index contributed by atoms with van der Waals surface area (Å²) in [5, 5.41) is 2.92. The molecule has 1 atom stereocenters. The maximum atomic E-state index is 12.4. The monoisotopic (exact) mass is 362 g/mol. The Morgan fingerprint density at radius 3 is 2.28 bits per heavy atom. The van der Waals surface area contributed by atoms with Gasteiger partial charge < -0.3 is 10.1 Å². The molecular formula is C18H22N2O4S. The molecule has 2 aromatic carbocycles. The number of amides is 1. The first-order valence-electron chi connectivity index (χ1n) is 7.71. The largest absolute Gasteiger partial charge is 0.496 e. The predicted molar refractivity (Wildman–Crippen MR) is 98.6 cm³/mol. The van der Waals surface area contributed by atoms with E-state index in [1.807, 2.05) is 31.2 Å². The van der Waals surface area contributed by atoms with Gasteiger partial charge in [-0.1, -0.05) is 18.2 Å². The third kappa shape index (κ3) is 4.51. The van der Waals surface area contributed by atoms with Crippen molar-refractivity contribution in [1.29, 1.82) is 0 Å². The highest BCUT2D eigenvalue weighted by Crippen LogP contribution is 2.24. The molecule has 2 rings (SSSR count). The van der Waals surface area contributed by atoms with E-state index in [-0.39, 0.29) is 11.9 Å². The molecule has 0 aliphatic heterocycles. The van der Waals surface area contributed by atoms with Crippen molar-refractivity contribution < 1.29 is 17.9 Å². The van der Waals surface area contributed by atoms with E-state index in [1.165, 1.54) is 7.05 Å². The van der Waals surface area contributed by atoms with Crippen LogP contribution in [-0.4, -0.2) is 34.7 Å². The zero-order valence-electron chi connectivity index (χ0n) is 14.7. The minimum absolute atomic E-state index is 0.234. The van der Waals surface area contributed by atoms with Crippen LogP contribution < -0.4 is 14.4 Å². The summed E-state index contributed by atoms with van der Waals surface area (Å²) in [4.78, 5) is 12.4. The summed E-state index contributed by atoms with van der Waals surface area (Å²) < 4.78 is 29.6. The summed E-state index contributed by atoms with van der Waals surface area (Å²) >= 11 is 0. The van der Waals surface area contributed by atoms with Crippen LogP contribution in [0.1, 0.15) is 28.9 Å². The second kappa shape index (κ2) is 7.57. The van der Waals surface area contributed by atoms with Gasteiger partial charge in [-0.2, -0.15) is 0 Å². The van der Waals surface area contributed by atoms with Gasteiger partial charge in [-0.15, -0.1) is 0 Å². The summed E-state index contributed by atoms with van der Waals surface area (Å²) in [6, 6.07) is 13.7. The van der Waals surface area contributed by atoms with Crippen molar-refractivity contribution in [3.05, 3.63) is 59.7 Å². The number of methoxy groups -OCH3 is 1. The number of nitrogens with zero attached hydrogens (tertiary/aromatic N) is 1. The molecule has 134 valence electrons. The Bertz CT molecular complexity index is 848. The van der Waals surface area contributed by atoms with Crippen molar-refractivity contribution in [1.82, 2.24) is 5.32 Å². The summed E-state index contributed by atoms with van der Waals surface area (Å²) in [6.07, 6.45) is 1.13. The average molecular weight is 362 g/mol. The predicted octanol–water partition coefficient (Wildman–Crippen LogP) is 2.58. The number of rotatable bonds is 6. The van der Waals surface area contributed by atoms with Crippen molar-refractivity contribution in [2.45, 2.75) is 13.0 Å². The lowest BCUT2D eigenvalue weighted by atomic mass is 10.1. The molecule has 0 bridgehead atoms. The molecule has 0 radical (unpaired) electrons. The smallest absolute Gasteiger partial charge is 0.251 e. The number of para-hydroxylation sites is 1. The number of nitrogens with one attached hydrogen (secondary N) is 1. The van der Waals surface area contributed by atoms with Crippen molar-refractivity contribution in [3.63, 3.8) is 0 Å². The van der Waals surface area contributed by atoms with Gasteiger partial charge in [0, 0.05) is 18.2 Å². The van der Waals surface area contributed by atoms with Crippen LogP contribution in [0, 0.1) is 0 Å². The molecule has 2 aromatic rings. The number of carbonyl (C=O) groups is 1. The van der Waals surface area contributed by atoms with E-state index in [4.69, 9.17) is 4.74 Å². The molecule has 0 saturated heterocycles. The maximum absolute atomic E-state index is 12.4. The van der Waals surface area contributed by atoms with E-state index in [0.29, 0.717) is 17.0 Å². The first-order chi connectivity index (χ1) is 11.7. The summed E-state index contributed by atoms with van der Waals surface area (Å²) in [7, 11) is -0.279. The van der Waals surface area contributed by atoms with E-state index >= 15 is 0 Å². The second-order valence-corrected chi connectivity index (χ2v) is 7.73. The van der Waals surface area contributed by atoms with E-state index in [2.05, 4.69) is 5.32 Å². The van der Waals surface area contributed by atoms with Gasteiger partial charge in [0.1, 0.15) is 5.75 Å². The molecule has 1 amide bonds. The molecule has 6 nitrogen and oxygen atoms in total. The van der Waals surface area contributed by atoms with E-state index < -0.39 is 10.0 Å². The number of sulfonamides is 1. The van der Waals surface area contributed by atoms with Gasteiger partial charge >= 0.3 is 0 Å². The highest BCUT2D eigenvalue weighted by Gasteiger charge is 2.16. The molecular weight excluding hydrogens is 340 g/mol. The lowest BCUT2D eigenvalue weighted by Gasteiger charge is -2.18. The quantitative estimate of drug-likeness (QED) is 0.857. The summed E-state index contributed by atoms with van der Waals surface area (Å²) in [5.41, 5.74) is 1.83. The molecule has 25 heavy (non-hydrogen) atoms. The highest BCUT2D eigenvalue weighted by molar-refractivity contribution is 7.92. The Hall–Kier alpha value is -2.54. The SMILES string of the molecule is COc1ccccc1[C@H](C)NC(=O)c1ccc(N(C)S(C)(=O)=O)cc1. The summed E-state index contributed by atoms with van der Waals surface area (Å²) in [6.45, 7) is 1.88. The van der Waals surface area contributed by atoms with Crippen LogP contribution in [0.5, 0.6) is 5.75 Å². The van der Waals surface area contributed by atoms with Crippen LogP contribution in [0.25, 0.3) is 0 Å². The molecule has 0 saturated carbocycles. The number of hydrogen-bond acceptors (Lipinski definition) is 4. The third-order valence-corrected chi connectivity index (χ3v) is 5.15. The lowest BCUT2D eigenvalue weighted by Crippen LogP contribution is -2.27. The van der Waals surface area contributed by atoms with E-state index in [1.54, 1.807) is 31.4 Å². The fraction of sp³-hybridized carbons (Fsp3) is 0.278. The van der Waals surface area contributed by atoms with Crippen LogP contribution in [0.2, 0.25) is 0 Å². The molecule has 0 aliphatic rings. The maximum Gasteiger partial charge on any atom is 0.251 e. The molecule has 0 unspecified atom stereocenters. The lowest BCUT2D eigenvalue weighted by molar-refractivity contribution is 0.0939. The molecule has 0 aliphatic carbocycles. The van der Waals surface area contributed by atoms with E-state index in [9.17, 15) is 13.2 Å². The average Bonchev–Trinajstić information content (AvgIpc) is 2.60. The van der Waals surface area contributed by atoms with Gasteiger partial charge in [0.05, 0.1) is 25.1 Å². The molecule has 1 N–H and O–H groups in total. The first-order valence-corrected chi connectivity index (χ1v) is 9.56. The normalized spacial score (nSPS) is 12.3. The number of hydrogen-bond donors (Lipinski definition) is 1. The fourth-order valence-corrected chi connectivity index (χ4v) is 2.90. The van der Waals surface area contributed by atoms with Crippen molar-refractivity contribution >= 4 is 21.6 Å². The van der Waals surface area contributed by atoms with Crippen LogP contribution in [0.4, 0.5) is 5.69 Å². The molecule has 0 aromatic heterocycles. The van der Waals surface area contributed by atoms with Gasteiger partial charge in [0.2, 0.25) is 10.0 Å². The Labute approximate surface area is 148 Å². The minimum atomic E-state index is -3.33. The topological polar surface area (TPSA) is 75.7 Å². The second-order valence-electron chi connectivity index (χ2n) is 5.71. The number of anilines is 1. The Morgan fingerprint density at radius 2 is 1.72 bits per heavy atom. The van der Waals surface area contributed by atoms with Crippen molar-refractivity contribution in [2.75, 3.05) is 24.7 Å². The van der Waals surface area contributed by atoms with Crippen LogP contribution in [-0.2, 0) is 10.0 Å². The van der Waals surface area contributed by atoms with Crippen LogP contribution in [0.15, 0.2) is 48.5 Å².